The number of carboxylic acids is 1. The van der Waals surface area contributed by atoms with Crippen LogP contribution in [0.1, 0.15) is 41.8 Å². The molecular formula is C14H22N2O2S. The summed E-state index contributed by atoms with van der Waals surface area (Å²) in [7, 11) is 0. The Morgan fingerprint density at radius 1 is 1.53 bits per heavy atom. The highest BCUT2D eigenvalue weighted by molar-refractivity contribution is 7.11. The Morgan fingerprint density at radius 3 is 3.00 bits per heavy atom. The molecule has 2 heterocycles. The van der Waals surface area contributed by atoms with Crippen LogP contribution in [0.3, 0.4) is 0 Å². The Hall–Kier alpha value is -0.940. The smallest absolute Gasteiger partial charge is 0.308 e. The zero-order chi connectivity index (χ0) is 13.8. The van der Waals surface area contributed by atoms with Crippen molar-refractivity contribution in [1.82, 2.24) is 9.88 Å². The van der Waals surface area contributed by atoms with Crippen LogP contribution in [0.25, 0.3) is 0 Å². The molecule has 1 aromatic heterocycles. The van der Waals surface area contributed by atoms with Gasteiger partial charge in [-0.3, -0.25) is 4.79 Å². The Morgan fingerprint density at radius 2 is 2.32 bits per heavy atom. The first-order valence-corrected chi connectivity index (χ1v) is 7.79. The van der Waals surface area contributed by atoms with E-state index in [2.05, 4.69) is 16.8 Å². The molecule has 0 saturated carbocycles. The molecule has 106 valence electrons. The average molecular weight is 282 g/mol. The minimum Gasteiger partial charge on any atom is -0.481 e. The Labute approximate surface area is 118 Å². The number of hydrogen-bond acceptors (Lipinski definition) is 4. The summed E-state index contributed by atoms with van der Waals surface area (Å²) in [5, 5.41) is 9.92. The molecule has 0 radical (unpaired) electrons. The fourth-order valence-electron chi connectivity index (χ4n) is 2.63. The standard InChI is InChI=1S/C14H22N2O2S/c1-10-5-3-4-7-16(10)8-6-13-15-11(2)12(19-13)9-14(17)18/h10H,3-9H2,1-2H3,(H,17,18). The van der Waals surface area contributed by atoms with Crippen LogP contribution in [0.5, 0.6) is 0 Å². The number of aliphatic carboxylic acids is 1. The molecule has 1 aliphatic rings. The number of carbonyl (C=O) groups is 1. The lowest BCUT2D eigenvalue weighted by Crippen LogP contribution is -2.38. The summed E-state index contributed by atoms with van der Waals surface area (Å²) in [4.78, 5) is 18.7. The number of piperidine rings is 1. The molecule has 2 rings (SSSR count). The van der Waals surface area contributed by atoms with Crippen LogP contribution < -0.4 is 0 Å². The van der Waals surface area contributed by atoms with Crippen molar-refractivity contribution in [2.75, 3.05) is 13.1 Å². The summed E-state index contributed by atoms with van der Waals surface area (Å²) in [6, 6.07) is 0.674. The maximum absolute atomic E-state index is 10.7. The normalized spacial score (nSPS) is 20.6. The van der Waals surface area contributed by atoms with Crippen LogP contribution in [0.2, 0.25) is 0 Å². The zero-order valence-electron chi connectivity index (χ0n) is 11.7. The van der Waals surface area contributed by atoms with Gasteiger partial charge in [0.25, 0.3) is 0 Å². The third kappa shape index (κ3) is 4.01. The van der Waals surface area contributed by atoms with E-state index in [0.29, 0.717) is 6.04 Å². The molecule has 0 spiro atoms. The first kappa shape index (κ1) is 14.5. The van der Waals surface area contributed by atoms with Crippen LogP contribution in [0, 0.1) is 6.92 Å². The molecule has 0 aromatic carbocycles. The number of aromatic nitrogens is 1. The maximum atomic E-state index is 10.7. The van der Waals surface area contributed by atoms with Gasteiger partial charge in [-0.2, -0.15) is 0 Å². The third-order valence-electron chi connectivity index (χ3n) is 3.80. The van der Waals surface area contributed by atoms with E-state index < -0.39 is 5.97 Å². The predicted octanol–water partition coefficient (Wildman–Crippen LogP) is 2.50. The molecule has 1 atom stereocenters. The van der Waals surface area contributed by atoms with Crippen LogP contribution >= 0.6 is 11.3 Å². The molecule has 0 aliphatic carbocycles. The molecule has 1 unspecified atom stereocenters. The van der Waals surface area contributed by atoms with Crippen molar-refractivity contribution in [1.29, 1.82) is 0 Å². The number of likely N-dealkylation sites (tertiary alicyclic amines) is 1. The van der Waals surface area contributed by atoms with Gasteiger partial charge in [0.05, 0.1) is 17.1 Å². The van der Waals surface area contributed by atoms with Crippen molar-refractivity contribution in [2.45, 2.75) is 52.0 Å². The van der Waals surface area contributed by atoms with E-state index in [1.54, 1.807) is 11.3 Å². The Kier molecular flexibility index (Phi) is 4.93. The summed E-state index contributed by atoms with van der Waals surface area (Å²) in [5.74, 6) is -0.775. The monoisotopic (exact) mass is 282 g/mol. The van der Waals surface area contributed by atoms with Gasteiger partial charge < -0.3 is 10.0 Å². The van der Waals surface area contributed by atoms with Crippen molar-refractivity contribution < 1.29 is 9.90 Å². The third-order valence-corrected chi connectivity index (χ3v) is 5.02. The van der Waals surface area contributed by atoms with Gasteiger partial charge in [-0.15, -0.1) is 11.3 Å². The summed E-state index contributed by atoms with van der Waals surface area (Å²) < 4.78 is 0. The highest BCUT2D eigenvalue weighted by Crippen LogP contribution is 2.21. The van der Waals surface area contributed by atoms with E-state index in [4.69, 9.17) is 5.11 Å². The van der Waals surface area contributed by atoms with E-state index in [1.165, 1.54) is 25.8 Å². The molecule has 1 saturated heterocycles. The highest BCUT2D eigenvalue weighted by atomic mass is 32.1. The van der Waals surface area contributed by atoms with Gasteiger partial charge in [-0.05, 0) is 33.2 Å². The maximum Gasteiger partial charge on any atom is 0.308 e. The lowest BCUT2D eigenvalue weighted by molar-refractivity contribution is -0.136. The second-order valence-corrected chi connectivity index (χ2v) is 6.49. The second kappa shape index (κ2) is 6.48. The molecular weight excluding hydrogens is 260 g/mol. The van der Waals surface area contributed by atoms with Gasteiger partial charge in [-0.1, -0.05) is 6.42 Å². The topological polar surface area (TPSA) is 53.4 Å². The number of thiazole rings is 1. The minimum atomic E-state index is -0.775. The molecule has 0 bridgehead atoms. The van der Waals surface area contributed by atoms with Gasteiger partial charge in [-0.25, -0.2) is 4.98 Å². The van der Waals surface area contributed by atoms with Crippen molar-refractivity contribution in [2.24, 2.45) is 0 Å². The van der Waals surface area contributed by atoms with Gasteiger partial charge >= 0.3 is 5.97 Å². The average Bonchev–Trinajstić information content (AvgIpc) is 2.68. The Bertz CT molecular complexity index is 445. The van der Waals surface area contributed by atoms with Crippen molar-refractivity contribution in [3.8, 4) is 0 Å². The zero-order valence-corrected chi connectivity index (χ0v) is 12.5. The van der Waals surface area contributed by atoms with Crippen molar-refractivity contribution in [3.63, 3.8) is 0 Å². The summed E-state index contributed by atoms with van der Waals surface area (Å²) in [5.41, 5.74) is 0.883. The number of carboxylic acid groups (broad SMARTS) is 1. The highest BCUT2D eigenvalue weighted by Gasteiger charge is 2.18. The number of aryl methyl sites for hydroxylation is 1. The largest absolute Gasteiger partial charge is 0.481 e. The SMILES string of the molecule is Cc1nc(CCN2CCCCC2C)sc1CC(=O)O. The fraction of sp³-hybridized carbons (Fsp3) is 0.714. The van der Waals surface area contributed by atoms with Crippen LogP contribution in [-0.4, -0.2) is 40.1 Å². The Balaban J connectivity index is 1.90. The summed E-state index contributed by atoms with van der Waals surface area (Å²) in [6.07, 6.45) is 4.97. The lowest BCUT2D eigenvalue weighted by atomic mass is 10.0. The van der Waals surface area contributed by atoms with E-state index in [0.717, 1.165) is 28.5 Å². The van der Waals surface area contributed by atoms with Gasteiger partial charge in [0.15, 0.2) is 0 Å². The van der Waals surface area contributed by atoms with Crippen LogP contribution in [0.4, 0.5) is 0 Å². The van der Waals surface area contributed by atoms with Crippen molar-refractivity contribution in [3.05, 3.63) is 15.6 Å². The number of nitrogens with zero attached hydrogens (tertiary/aromatic N) is 2. The molecule has 1 fully saturated rings. The lowest BCUT2D eigenvalue weighted by Gasteiger charge is -2.33. The first-order chi connectivity index (χ1) is 9.06. The van der Waals surface area contributed by atoms with Gasteiger partial charge in [0, 0.05) is 23.9 Å². The predicted molar refractivity (Wildman–Crippen MR) is 76.8 cm³/mol. The number of rotatable bonds is 5. The molecule has 0 amide bonds. The van der Waals surface area contributed by atoms with E-state index in [1.807, 2.05) is 6.92 Å². The number of hydrogen-bond donors (Lipinski definition) is 1. The molecule has 4 nitrogen and oxygen atoms in total. The quantitative estimate of drug-likeness (QED) is 0.901. The molecule has 5 heteroatoms. The van der Waals surface area contributed by atoms with Crippen LogP contribution in [-0.2, 0) is 17.6 Å². The summed E-state index contributed by atoms with van der Waals surface area (Å²) in [6.45, 7) is 6.43. The van der Waals surface area contributed by atoms with E-state index >= 15 is 0 Å². The van der Waals surface area contributed by atoms with E-state index in [-0.39, 0.29) is 6.42 Å². The molecule has 1 aromatic rings. The second-order valence-electron chi connectivity index (χ2n) is 5.32. The van der Waals surface area contributed by atoms with Gasteiger partial charge in [0.2, 0.25) is 0 Å². The molecule has 1 aliphatic heterocycles. The van der Waals surface area contributed by atoms with Crippen molar-refractivity contribution >= 4 is 17.3 Å². The summed E-state index contributed by atoms with van der Waals surface area (Å²) >= 11 is 1.56. The van der Waals surface area contributed by atoms with Gasteiger partial charge in [0.1, 0.15) is 0 Å². The van der Waals surface area contributed by atoms with Crippen LogP contribution in [0.15, 0.2) is 0 Å². The molecule has 1 N–H and O–H groups in total. The molecule has 19 heavy (non-hydrogen) atoms. The minimum absolute atomic E-state index is 0.101. The first-order valence-electron chi connectivity index (χ1n) is 6.97. The fourth-order valence-corrected chi connectivity index (χ4v) is 3.67. The van der Waals surface area contributed by atoms with E-state index in [9.17, 15) is 4.79 Å².